The normalized spacial score (nSPS) is 12.3. The third-order valence-electron chi connectivity index (χ3n) is 7.67. The Morgan fingerprint density at radius 2 is 1.17 bits per heavy atom. The molecule has 5 N–H and O–H groups in total. The van der Waals surface area contributed by atoms with Crippen molar-refractivity contribution in [2.45, 2.75) is 25.0 Å². The molecule has 0 spiro atoms. The number of carbonyl (C=O) groups excluding carboxylic acids is 2. The maximum atomic E-state index is 12.6. The number of esters is 2. The molecule has 0 saturated carbocycles. The van der Waals surface area contributed by atoms with Crippen LogP contribution in [0.2, 0.25) is 0 Å². The van der Waals surface area contributed by atoms with Gasteiger partial charge in [0.25, 0.3) is 0 Å². The van der Waals surface area contributed by atoms with Gasteiger partial charge in [-0.25, -0.2) is 9.59 Å². The summed E-state index contributed by atoms with van der Waals surface area (Å²) in [6.45, 7) is -0.320. The number of methoxy groups -OCH3 is 3. The Kier molecular flexibility index (Phi) is 13.8. The average molecular weight is 717 g/mol. The Bertz CT molecular complexity index is 1900. The molecule has 0 bridgehead atoms. The summed E-state index contributed by atoms with van der Waals surface area (Å²) in [5.74, 6) is -1.15. The summed E-state index contributed by atoms with van der Waals surface area (Å²) >= 11 is 0. The summed E-state index contributed by atoms with van der Waals surface area (Å²) in [6.07, 6.45) is 3.72. The van der Waals surface area contributed by atoms with Crippen LogP contribution in [-0.4, -0.2) is 78.1 Å². The number of aromatic hydroxyl groups is 4. The Hall–Kier alpha value is -6.34. The quantitative estimate of drug-likeness (QED) is 0.0526. The van der Waals surface area contributed by atoms with E-state index in [0.29, 0.717) is 24.0 Å². The van der Waals surface area contributed by atoms with Crippen LogP contribution in [0, 0.1) is 0 Å². The molecule has 274 valence electrons. The lowest BCUT2D eigenvalue weighted by atomic mass is 10.0. The van der Waals surface area contributed by atoms with E-state index in [1.165, 1.54) is 88.1 Å². The summed E-state index contributed by atoms with van der Waals surface area (Å²) in [5.41, 5.74) is 2.20. The standard InChI is InChI=1S/C39H40O13/c1-47-33-20-25(6-12-28(33)40)9-16-37(44)50-18-4-5-24-8-15-32(31(43)19-24)52-36(39(46)27-11-14-30(42)35(22-27)49-3)23-51-38(45)17-10-26-7-13-29(41)34(21-26)48-2/h6-17,19-22,36,39-43,46H,4-5,18,23H2,1-3H3/b16-9-,17-10-/t36-,39-/m0/s1. The molecule has 0 heterocycles. The minimum atomic E-state index is -1.40. The van der Waals surface area contributed by atoms with Crippen LogP contribution >= 0.6 is 0 Å². The molecular formula is C39H40O13. The first-order valence-corrected chi connectivity index (χ1v) is 16.0. The van der Waals surface area contributed by atoms with Crippen molar-refractivity contribution in [3.63, 3.8) is 0 Å². The van der Waals surface area contributed by atoms with Gasteiger partial charge in [-0.1, -0.05) is 24.3 Å². The zero-order valence-corrected chi connectivity index (χ0v) is 28.7. The van der Waals surface area contributed by atoms with Crippen LogP contribution in [0.4, 0.5) is 0 Å². The molecule has 0 aliphatic heterocycles. The Balaban J connectivity index is 1.38. The van der Waals surface area contributed by atoms with E-state index in [4.69, 9.17) is 28.4 Å². The van der Waals surface area contributed by atoms with Crippen LogP contribution in [-0.2, 0) is 25.5 Å². The average Bonchev–Trinajstić information content (AvgIpc) is 3.15. The number of phenols is 4. The third kappa shape index (κ3) is 10.8. The maximum absolute atomic E-state index is 12.6. The van der Waals surface area contributed by atoms with E-state index in [0.717, 1.165) is 11.6 Å². The summed E-state index contributed by atoms with van der Waals surface area (Å²) in [4.78, 5) is 24.8. The second-order valence-corrected chi connectivity index (χ2v) is 11.3. The molecule has 4 aromatic rings. The molecule has 0 fully saturated rings. The van der Waals surface area contributed by atoms with Crippen LogP contribution in [0.25, 0.3) is 12.2 Å². The number of ether oxygens (including phenoxy) is 6. The van der Waals surface area contributed by atoms with Gasteiger partial charge in [0.05, 0.1) is 27.9 Å². The predicted molar refractivity (Wildman–Crippen MR) is 190 cm³/mol. The number of hydrogen-bond acceptors (Lipinski definition) is 13. The van der Waals surface area contributed by atoms with Crippen molar-refractivity contribution in [3.8, 4) is 46.0 Å². The first kappa shape index (κ1) is 38.5. The number of hydrogen-bond donors (Lipinski definition) is 5. The molecule has 13 heteroatoms. The van der Waals surface area contributed by atoms with Crippen molar-refractivity contribution in [3.05, 3.63) is 107 Å². The summed E-state index contributed by atoms with van der Waals surface area (Å²) in [7, 11) is 4.18. The number of benzene rings is 4. The molecule has 0 amide bonds. The lowest BCUT2D eigenvalue weighted by Gasteiger charge is -2.25. The topological polar surface area (TPSA) is 191 Å². The minimum absolute atomic E-state index is 0.00347. The molecule has 0 unspecified atom stereocenters. The van der Waals surface area contributed by atoms with Crippen LogP contribution < -0.4 is 18.9 Å². The van der Waals surface area contributed by atoms with Gasteiger partial charge in [0.2, 0.25) is 0 Å². The van der Waals surface area contributed by atoms with E-state index < -0.39 is 30.8 Å². The van der Waals surface area contributed by atoms with Crippen LogP contribution in [0.1, 0.15) is 34.8 Å². The van der Waals surface area contributed by atoms with Crippen LogP contribution in [0.5, 0.6) is 46.0 Å². The number of rotatable bonds is 17. The Labute approximate surface area is 300 Å². The fraction of sp³-hybridized carbons (Fsp3) is 0.231. The van der Waals surface area contributed by atoms with E-state index >= 15 is 0 Å². The van der Waals surface area contributed by atoms with Gasteiger partial charge in [-0.3, -0.25) is 0 Å². The molecule has 0 aliphatic rings. The molecule has 4 aromatic carbocycles. The molecule has 0 aliphatic carbocycles. The van der Waals surface area contributed by atoms with E-state index in [2.05, 4.69) is 0 Å². The third-order valence-corrected chi connectivity index (χ3v) is 7.67. The molecule has 2 atom stereocenters. The Morgan fingerprint density at radius 3 is 1.73 bits per heavy atom. The summed E-state index contributed by atoms with van der Waals surface area (Å²) < 4.78 is 31.9. The van der Waals surface area contributed by atoms with Crippen molar-refractivity contribution in [2.75, 3.05) is 34.5 Å². The van der Waals surface area contributed by atoms with Gasteiger partial charge in [-0.05, 0) is 95.8 Å². The smallest absolute Gasteiger partial charge is 0.330 e. The van der Waals surface area contributed by atoms with Gasteiger partial charge in [-0.2, -0.15) is 0 Å². The monoisotopic (exact) mass is 716 g/mol. The van der Waals surface area contributed by atoms with Crippen molar-refractivity contribution in [2.24, 2.45) is 0 Å². The molecule has 13 nitrogen and oxygen atoms in total. The molecular weight excluding hydrogens is 676 g/mol. The highest BCUT2D eigenvalue weighted by molar-refractivity contribution is 5.87. The van der Waals surface area contributed by atoms with Gasteiger partial charge in [0.1, 0.15) is 12.7 Å². The van der Waals surface area contributed by atoms with Crippen LogP contribution in [0.15, 0.2) is 84.9 Å². The van der Waals surface area contributed by atoms with Crippen molar-refractivity contribution < 1.29 is 63.5 Å². The summed E-state index contributed by atoms with van der Waals surface area (Å²) in [5, 5.41) is 51.6. The lowest BCUT2D eigenvalue weighted by molar-refractivity contribution is -0.142. The van der Waals surface area contributed by atoms with Gasteiger partial charge < -0.3 is 54.0 Å². The van der Waals surface area contributed by atoms with Gasteiger partial charge >= 0.3 is 11.9 Å². The molecule has 0 saturated heterocycles. The van der Waals surface area contributed by atoms with Crippen LogP contribution in [0.3, 0.4) is 0 Å². The van der Waals surface area contributed by atoms with E-state index in [1.807, 2.05) is 0 Å². The molecule has 4 rings (SSSR count). The highest BCUT2D eigenvalue weighted by atomic mass is 16.6. The largest absolute Gasteiger partial charge is 0.504 e. The number of carbonyl (C=O) groups is 2. The highest BCUT2D eigenvalue weighted by Gasteiger charge is 2.27. The molecule has 0 radical (unpaired) electrons. The zero-order valence-electron chi connectivity index (χ0n) is 28.7. The first-order chi connectivity index (χ1) is 25.0. The fourth-order valence-corrected chi connectivity index (χ4v) is 4.90. The predicted octanol–water partition coefficient (Wildman–Crippen LogP) is 5.46. The maximum Gasteiger partial charge on any atom is 0.330 e. The van der Waals surface area contributed by atoms with Crippen molar-refractivity contribution >= 4 is 24.1 Å². The van der Waals surface area contributed by atoms with Gasteiger partial charge in [0, 0.05) is 12.2 Å². The second-order valence-electron chi connectivity index (χ2n) is 11.3. The van der Waals surface area contributed by atoms with Crippen molar-refractivity contribution in [1.82, 2.24) is 0 Å². The highest BCUT2D eigenvalue weighted by Crippen LogP contribution is 2.34. The van der Waals surface area contributed by atoms with E-state index in [9.17, 15) is 35.1 Å². The minimum Gasteiger partial charge on any atom is -0.504 e. The zero-order chi connectivity index (χ0) is 37.6. The number of aryl methyl sites for hydroxylation is 1. The first-order valence-electron chi connectivity index (χ1n) is 16.0. The number of aliphatic hydroxyl groups is 1. The molecule has 52 heavy (non-hydrogen) atoms. The number of phenolic OH excluding ortho intramolecular Hbond substituents is 4. The van der Waals surface area contributed by atoms with E-state index in [-0.39, 0.29) is 58.2 Å². The number of aliphatic hydroxyl groups excluding tert-OH is 1. The lowest BCUT2D eigenvalue weighted by Crippen LogP contribution is -2.31. The second kappa shape index (κ2) is 18.6. The van der Waals surface area contributed by atoms with Crippen molar-refractivity contribution in [1.29, 1.82) is 0 Å². The SMILES string of the molecule is COc1cc(/C=C\C(=O)OCCCc2ccc(O[C@@H](COC(=O)/C=C\c3ccc(O)c(OC)c3)[C@@H](O)c3ccc(O)c(OC)c3)c(O)c2)ccc1O. The Morgan fingerprint density at radius 1 is 0.635 bits per heavy atom. The van der Waals surface area contributed by atoms with E-state index in [1.54, 1.807) is 24.3 Å². The molecule has 0 aromatic heterocycles. The van der Waals surface area contributed by atoms with Gasteiger partial charge in [0.15, 0.2) is 52.1 Å². The fourth-order valence-electron chi connectivity index (χ4n) is 4.90. The summed E-state index contributed by atoms with van der Waals surface area (Å²) in [6, 6.07) is 18.1. The van der Waals surface area contributed by atoms with Gasteiger partial charge in [-0.15, -0.1) is 0 Å².